The van der Waals surface area contributed by atoms with E-state index in [1.54, 1.807) is 20.8 Å². The van der Waals surface area contributed by atoms with Gasteiger partial charge in [0.25, 0.3) is 0 Å². The number of unbranched alkanes of at least 4 members (excludes halogenated alkanes) is 2. The molecule has 2 unspecified atom stereocenters. The molecule has 0 aliphatic carbocycles. The molecule has 0 saturated carbocycles. The number of rotatable bonds is 11. The van der Waals surface area contributed by atoms with E-state index in [1.807, 2.05) is 59.2 Å². The van der Waals surface area contributed by atoms with E-state index in [2.05, 4.69) is 6.92 Å². The summed E-state index contributed by atoms with van der Waals surface area (Å²) in [7, 11) is 0. The van der Waals surface area contributed by atoms with Crippen LogP contribution in [0.25, 0.3) is 10.9 Å². The lowest BCUT2D eigenvalue weighted by Crippen LogP contribution is -2.56. The van der Waals surface area contributed by atoms with Gasteiger partial charge in [-0.05, 0) is 45.2 Å². The summed E-state index contributed by atoms with van der Waals surface area (Å²) in [4.78, 5) is 40.3. The van der Waals surface area contributed by atoms with Gasteiger partial charge < -0.3 is 25.9 Å². The SMILES string of the molecule is CCCCCn1c(N)c(CC(C(=O)O)N(C(=O)OC(C)(C)C)C(=O)C(N)Cc2ccccc2)c2ccccc21. The van der Waals surface area contributed by atoms with Crippen LogP contribution >= 0.6 is 0 Å². The molecular weight excluding hydrogens is 496 g/mol. The first-order chi connectivity index (χ1) is 18.4. The Balaban J connectivity index is 2.03. The van der Waals surface area contributed by atoms with E-state index in [0.717, 1.165) is 35.7 Å². The van der Waals surface area contributed by atoms with Crippen LogP contribution in [-0.4, -0.2) is 50.2 Å². The van der Waals surface area contributed by atoms with Crippen LogP contribution in [0.1, 0.15) is 58.1 Å². The lowest BCUT2D eigenvalue weighted by molar-refractivity contribution is -0.150. The Hall–Kier alpha value is -3.85. The number of nitrogens with zero attached hydrogens (tertiary/aromatic N) is 2. The van der Waals surface area contributed by atoms with Gasteiger partial charge in [0.2, 0.25) is 5.91 Å². The van der Waals surface area contributed by atoms with Gasteiger partial charge in [0, 0.05) is 29.4 Å². The number of carbonyl (C=O) groups excluding carboxylic acids is 2. The number of amides is 2. The van der Waals surface area contributed by atoms with Crippen LogP contribution in [0.2, 0.25) is 0 Å². The molecule has 0 aliphatic heterocycles. The molecule has 3 rings (SSSR count). The highest BCUT2D eigenvalue weighted by Crippen LogP contribution is 2.31. The zero-order chi connectivity index (χ0) is 28.7. The van der Waals surface area contributed by atoms with Crippen molar-refractivity contribution in [2.75, 3.05) is 5.73 Å². The van der Waals surface area contributed by atoms with Gasteiger partial charge in [-0.15, -0.1) is 0 Å². The molecule has 0 spiro atoms. The van der Waals surface area contributed by atoms with Crippen LogP contribution in [0.5, 0.6) is 0 Å². The van der Waals surface area contributed by atoms with Crippen molar-refractivity contribution in [3.05, 3.63) is 65.7 Å². The number of imide groups is 1. The number of carboxylic acid groups (broad SMARTS) is 1. The number of carboxylic acids is 1. The van der Waals surface area contributed by atoms with E-state index in [-0.39, 0.29) is 12.8 Å². The molecule has 5 N–H and O–H groups in total. The van der Waals surface area contributed by atoms with Crippen LogP contribution in [0.3, 0.4) is 0 Å². The number of fused-ring (bicyclic) bond motifs is 1. The number of ether oxygens (including phenoxy) is 1. The van der Waals surface area contributed by atoms with Crippen molar-refractivity contribution < 1.29 is 24.2 Å². The number of anilines is 1. The van der Waals surface area contributed by atoms with Crippen molar-refractivity contribution in [1.29, 1.82) is 0 Å². The number of benzene rings is 2. The maximum absolute atomic E-state index is 13.6. The highest BCUT2D eigenvalue weighted by Gasteiger charge is 2.40. The lowest BCUT2D eigenvalue weighted by atomic mass is 10.0. The summed E-state index contributed by atoms with van der Waals surface area (Å²) in [6, 6.07) is 13.9. The molecule has 9 nitrogen and oxygen atoms in total. The number of para-hydroxylation sites is 1. The second kappa shape index (κ2) is 12.8. The molecule has 3 aromatic rings. The molecule has 0 fully saturated rings. The molecule has 1 heterocycles. The summed E-state index contributed by atoms with van der Waals surface area (Å²) >= 11 is 0. The van der Waals surface area contributed by atoms with Gasteiger partial charge in [0.05, 0.1) is 6.04 Å². The molecule has 0 saturated heterocycles. The van der Waals surface area contributed by atoms with Crippen LogP contribution in [0, 0.1) is 0 Å². The first kappa shape index (κ1) is 29.7. The van der Waals surface area contributed by atoms with Crippen LogP contribution in [0.15, 0.2) is 54.6 Å². The average Bonchev–Trinajstić information content (AvgIpc) is 3.13. The molecule has 0 bridgehead atoms. The van der Waals surface area contributed by atoms with Crippen LogP contribution < -0.4 is 11.5 Å². The predicted molar refractivity (Wildman–Crippen MR) is 152 cm³/mol. The minimum absolute atomic E-state index is 0.129. The van der Waals surface area contributed by atoms with Gasteiger partial charge >= 0.3 is 12.1 Å². The minimum atomic E-state index is -1.58. The minimum Gasteiger partial charge on any atom is -0.480 e. The summed E-state index contributed by atoms with van der Waals surface area (Å²) in [6.45, 7) is 7.73. The summed E-state index contributed by atoms with van der Waals surface area (Å²) in [5, 5.41) is 11.1. The standard InChI is InChI=1S/C30H40N4O5/c1-5-6-12-17-33-24-16-11-10-15-21(24)22(26(33)32)19-25(28(36)37)34(29(38)39-30(2,3)4)27(35)23(31)18-20-13-8-7-9-14-20/h7-11,13-16,23,25H,5-6,12,17-19,31-32H2,1-4H3,(H,36,37). The predicted octanol–water partition coefficient (Wildman–Crippen LogP) is 4.74. The van der Waals surface area contributed by atoms with E-state index in [4.69, 9.17) is 16.2 Å². The van der Waals surface area contributed by atoms with Crippen molar-refractivity contribution in [3.8, 4) is 0 Å². The molecule has 0 radical (unpaired) electrons. The Kier molecular flexibility index (Phi) is 9.75. The molecule has 39 heavy (non-hydrogen) atoms. The Bertz CT molecular complexity index is 1300. The van der Waals surface area contributed by atoms with Gasteiger partial charge in [-0.25, -0.2) is 14.5 Å². The Morgan fingerprint density at radius 3 is 2.26 bits per heavy atom. The first-order valence-electron chi connectivity index (χ1n) is 13.4. The number of hydrogen-bond donors (Lipinski definition) is 3. The van der Waals surface area contributed by atoms with E-state index in [9.17, 15) is 19.5 Å². The number of nitrogens with two attached hydrogens (primary N) is 2. The third-order valence-electron chi connectivity index (χ3n) is 6.54. The van der Waals surface area contributed by atoms with Gasteiger partial charge in [0.1, 0.15) is 17.5 Å². The summed E-state index contributed by atoms with van der Waals surface area (Å²) < 4.78 is 7.46. The average molecular weight is 537 g/mol. The van der Waals surface area contributed by atoms with Gasteiger partial charge in [-0.3, -0.25) is 4.79 Å². The van der Waals surface area contributed by atoms with Crippen molar-refractivity contribution in [1.82, 2.24) is 9.47 Å². The third-order valence-corrected chi connectivity index (χ3v) is 6.54. The fraction of sp³-hybridized carbons (Fsp3) is 0.433. The van der Waals surface area contributed by atoms with Gasteiger partial charge in [-0.2, -0.15) is 0 Å². The molecular formula is C30H40N4O5. The first-order valence-corrected chi connectivity index (χ1v) is 13.4. The Morgan fingerprint density at radius 2 is 1.64 bits per heavy atom. The fourth-order valence-electron chi connectivity index (χ4n) is 4.67. The Morgan fingerprint density at radius 1 is 1.00 bits per heavy atom. The maximum atomic E-state index is 13.6. The number of aryl methyl sites for hydroxylation is 1. The molecule has 9 heteroatoms. The largest absolute Gasteiger partial charge is 0.480 e. The highest BCUT2D eigenvalue weighted by atomic mass is 16.6. The van der Waals surface area contributed by atoms with E-state index < -0.39 is 35.7 Å². The van der Waals surface area contributed by atoms with Gasteiger partial charge in [0.15, 0.2) is 0 Å². The zero-order valence-electron chi connectivity index (χ0n) is 23.2. The van der Waals surface area contributed by atoms with Crippen molar-refractivity contribution >= 4 is 34.7 Å². The second-order valence-corrected chi connectivity index (χ2v) is 10.8. The monoisotopic (exact) mass is 536 g/mol. The molecule has 1 aromatic heterocycles. The number of aromatic nitrogens is 1. The number of aliphatic carboxylic acids is 1. The normalized spacial score (nSPS) is 13.2. The van der Waals surface area contributed by atoms with Crippen molar-refractivity contribution in [2.45, 2.75) is 84.0 Å². The summed E-state index contributed by atoms with van der Waals surface area (Å²) in [5.74, 6) is -1.77. The number of carbonyl (C=O) groups is 3. The van der Waals surface area contributed by atoms with E-state index >= 15 is 0 Å². The molecule has 2 atom stereocenters. The van der Waals surface area contributed by atoms with Crippen molar-refractivity contribution in [2.24, 2.45) is 5.73 Å². The topological polar surface area (TPSA) is 141 Å². The van der Waals surface area contributed by atoms with E-state index in [1.165, 1.54) is 0 Å². The zero-order valence-corrected chi connectivity index (χ0v) is 23.2. The highest BCUT2D eigenvalue weighted by molar-refractivity contribution is 6.00. The van der Waals surface area contributed by atoms with Gasteiger partial charge in [-0.1, -0.05) is 68.3 Å². The van der Waals surface area contributed by atoms with E-state index in [0.29, 0.717) is 22.8 Å². The quantitative estimate of drug-likeness (QED) is 0.301. The number of hydrogen-bond acceptors (Lipinski definition) is 6. The smallest absolute Gasteiger partial charge is 0.417 e. The van der Waals surface area contributed by atoms with Crippen molar-refractivity contribution in [3.63, 3.8) is 0 Å². The lowest BCUT2D eigenvalue weighted by Gasteiger charge is -2.31. The molecule has 210 valence electrons. The number of nitrogen functional groups attached to an aromatic ring is 1. The maximum Gasteiger partial charge on any atom is 0.417 e. The summed E-state index contributed by atoms with van der Waals surface area (Å²) in [5.41, 5.74) is 14.1. The molecule has 0 aliphatic rings. The molecule has 2 aromatic carbocycles. The Labute approximate surface area is 229 Å². The molecule has 2 amide bonds. The third kappa shape index (κ3) is 7.38. The second-order valence-electron chi connectivity index (χ2n) is 10.8. The summed E-state index contributed by atoms with van der Waals surface area (Å²) in [6.07, 6.45) is 1.87. The van der Waals surface area contributed by atoms with Crippen LogP contribution in [-0.2, 0) is 33.7 Å². The van der Waals surface area contributed by atoms with Crippen LogP contribution in [0.4, 0.5) is 10.6 Å². The fourth-order valence-corrected chi connectivity index (χ4v) is 4.67.